The van der Waals surface area contributed by atoms with Crippen molar-refractivity contribution in [2.24, 2.45) is 0 Å². The quantitative estimate of drug-likeness (QED) is 0.344. The third-order valence-corrected chi connectivity index (χ3v) is 4.37. The molecule has 0 saturated heterocycles. The summed E-state index contributed by atoms with van der Waals surface area (Å²) in [7, 11) is 0. The third kappa shape index (κ3) is 4.37. The van der Waals surface area contributed by atoms with Crippen LogP contribution in [-0.2, 0) is 4.74 Å². The molecule has 0 amide bonds. The first kappa shape index (κ1) is 16.1. The van der Waals surface area contributed by atoms with Crippen LogP contribution in [0.4, 0.5) is 0 Å². The van der Waals surface area contributed by atoms with Crippen molar-refractivity contribution in [1.82, 2.24) is 0 Å². The minimum Gasteiger partial charge on any atom is -0.430 e. The molecule has 0 fully saturated rings. The molecule has 0 saturated carbocycles. The van der Waals surface area contributed by atoms with Gasteiger partial charge in [-0.3, -0.25) is 0 Å². The summed E-state index contributed by atoms with van der Waals surface area (Å²) in [5.74, 6) is -0.363. The van der Waals surface area contributed by atoms with E-state index in [-0.39, 0.29) is 5.97 Å². The Balaban J connectivity index is 1.83. The summed E-state index contributed by atoms with van der Waals surface area (Å²) in [6.07, 6.45) is 1.53. The average Bonchev–Trinajstić information content (AvgIpc) is 2.67. The van der Waals surface area contributed by atoms with E-state index in [1.807, 2.05) is 78.9 Å². The van der Waals surface area contributed by atoms with Crippen LogP contribution >= 0.6 is 11.8 Å². The maximum Gasteiger partial charge on any atom is 0.342 e. The van der Waals surface area contributed by atoms with Crippen LogP contribution in [0.3, 0.4) is 0 Å². The van der Waals surface area contributed by atoms with Crippen LogP contribution in [0.25, 0.3) is 4.91 Å². The van der Waals surface area contributed by atoms with Crippen molar-refractivity contribution in [2.75, 3.05) is 0 Å². The second-order valence-corrected chi connectivity index (χ2v) is 6.15. The number of carbonyl (C=O) groups is 1. The number of benzene rings is 3. The first-order valence-electron chi connectivity index (χ1n) is 7.57. The number of ether oxygens (including phenoxy) is 1. The molecule has 0 spiro atoms. The summed E-state index contributed by atoms with van der Waals surface area (Å²) in [6.45, 7) is 0. The molecule has 3 aromatic carbocycles. The van der Waals surface area contributed by atoms with Crippen LogP contribution < -0.4 is 0 Å². The van der Waals surface area contributed by atoms with Gasteiger partial charge in [-0.1, -0.05) is 78.5 Å². The fourth-order valence-corrected chi connectivity index (χ4v) is 3.02. The second kappa shape index (κ2) is 8.18. The SMILES string of the molecule is O=C(O/C=C(\Sc1ccccc1)c1ccccc1)c1ccccc1. The van der Waals surface area contributed by atoms with E-state index in [1.165, 1.54) is 6.26 Å². The molecule has 0 radical (unpaired) electrons. The summed E-state index contributed by atoms with van der Waals surface area (Å²) in [5.41, 5.74) is 1.54. The van der Waals surface area contributed by atoms with Crippen LogP contribution in [0.2, 0.25) is 0 Å². The van der Waals surface area contributed by atoms with Crippen LogP contribution in [0.1, 0.15) is 15.9 Å². The topological polar surface area (TPSA) is 26.3 Å². The van der Waals surface area contributed by atoms with Gasteiger partial charge in [0.1, 0.15) is 6.26 Å². The Kier molecular flexibility index (Phi) is 5.48. The Morgan fingerprint density at radius 3 is 1.79 bits per heavy atom. The average molecular weight is 332 g/mol. The van der Waals surface area contributed by atoms with Gasteiger partial charge in [0.2, 0.25) is 0 Å². The van der Waals surface area contributed by atoms with E-state index in [0.29, 0.717) is 5.56 Å². The maximum atomic E-state index is 12.2. The van der Waals surface area contributed by atoms with Gasteiger partial charge >= 0.3 is 5.97 Å². The largest absolute Gasteiger partial charge is 0.430 e. The number of hydrogen-bond donors (Lipinski definition) is 0. The number of hydrogen-bond acceptors (Lipinski definition) is 3. The van der Waals surface area contributed by atoms with Gasteiger partial charge in [0.05, 0.1) is 10.5 Å². The van der Waals surface area contributed by atoms with Crippen molar-refractivity contribution in [3.63, 3.8) is 0 Å². The zero-order chi connectivity index (χ0) is 16.6. The van der Waals surface area contributed by atoms with E-state index >= 15 is 0 Å². The standard InChI is InChI=1S/C21H16O2S/c22-21(18-12-6-2-7-13-18)23-16-20(17-10-4-1-5-11-17)24-19-14-8-3-9-15-19/h1-16H/b20-16-. The monoisotopic (exact) mass is 332 g/mol. The van der Waals surface area contributed by atoms with E-state index in [4.69, 9.17) is 4.74 Å². The van der Waals surface area contributed by atoms with E-state index in [2.05, 4.69) is 0 Å². The lowest BCUT2D eigenvalue weighted by Crippen LogP contribution is -2.00. The maximum absolute atomic E-state index is 12.2. The molecule has 0 atom stereocenters. The lowest BCUT2D eigenvalue weighted by atomic mass is 10.2. The molecule has 3 heteroatoms. The highest BCUT2D eigenvalue weighted by atomic mass is 32.2. The van der Waals surface area contributed by atoms with Crippen LogP contribution in [-0.4, -0.2) is 5.97 Å². The first-order chi connectivity index (χ1) is 11.8. The Morgan fingerprint density at radius 1 is 0.708 bits per heavy atom. The molecular weight excluding hydrogens is 316 g/mol. The second-order valence-electron chi connectivity index (χ2n) is 5.03. The summed E-state index contributed by atoms with van der Waals surface area (Å²) in [4.78, 5) is 14.1. The summed E-state index contributed by atoms with van der Waals surface area (Å²) in [6, 6.07) is 28.9. The molecule has 118 valence electrons. The molecule has 0 N–H and O–H groups in total. The molecule has 3 aromatic rings. The fourth-order valence-electron chi connectivity index (χ4n) is 2.12. The van der Waals surface area contributed by atoms with Gasteiger partial charge in [-0.2, -0.15) is 0 Å². The molecule has 24 heavy (non-hydrogen) atoms. The molecule has 0 aliphatic rings. The Labute approximate surface area is 145 Å². The van der Waals surface area contributed by atoms with Crippen molar-refractivity contribution in [1.29, 1.82) is 0 Å². The van der Waals surface area contributed by atoms with Crippen LogP contribution in [0, 0.1) is 0 Å². The van der Waals surface area contributed by atoms with Gasteiger partial charge in [0.15, 0.2) is 0 Å². The molecule has 0 aromatic heterocycles. The molecule has 0 aliphatic carbocycles. The van der Waals surface area contributed by atoms with E-state index in [9.17, 15) is 4.79 Å². The predicted octanol–water partition coefficient (Wildman–Crippen LogP) is 5.63. The van der Waals surface area contributed by atoms with Gasteiger partial charge < -0.3 is 4.74 Å². The highest BCUT2D eigenvalue weighted by molar-refractivity contribution is 8.08. The lowest BCUT2D eigenvalue weighted by Gasteiger charge is -2.08. The zero-order valence-electron chi connectivity index (χ0n) is 13.0. The van der Waals surface area contributed by atoms with Crippen LogP contribution in [0.5, 0.6) is 0 Å². The molecule has 0 heterocycles. The number of carbonyl (C=O) groups excluding carboxylic acids is 1. The molecule has 0 bridgehead atoms. The number of esters is 1. The molecule has 0 aliphatic heterocycles. The van der Waals surface area contributed by atoms with Gasteiger partial charge in [-0.15, -0.1) is 0 Å². The molecular formula is C21H16O2S. The van der Waals surface area contributed by atoms with Gasteiger partial charge in [-0.05, 0) is 29.8 Å². The van der Waals surface area contributed by atoms with E-state index in [1.54, 1.807) is 23.9 Å². The Hall–Kier alpha value is -2.78. The van der Waals surface area contributed by atoms with Crippen molar-refractivity contribution in [3.8, 4) is 0 Å². The smallest absolute Gasteiger partial charge is 0.342 e. The Morgan fingerprint density at radius 2 is 1.21 bits per heavy atom. The van der Waals surface area contributed by atoms with E-state index in [0.717, 1.165) is 15.4 Å². The van der Waals surface area contributed by atoms with Crippen molar-refractivity contribution < 1.29 is 9.53 Å². The summed E-state index contributed by atoms with van der Waals surface area (Å²) < 4.78 is 5.40. The van der Waals surface area contributed by atoms with Gasteiger partial charge in [-0.25, -0.2) is 4.79 Å². The number of thioether (sulfide) groups is 1. The normalized spacial score (nSPS) is 11.1. The van der Waals surface area contributed by atoms with Gasteiger partial charge in [0.25, 0.3) is 0 Å². The molecule has 0 unspecified atom stereocenters. The minimum atomic E-state index is -0.363. The highest BCUT2D eigenvalue weighted by Crippen LogP contribution is 2.34. The summed E-state index contributed by atoms with van der Waals surface area (Å²) >= 11 is 1.56. The first-order valence-corrected chi connectivity index (χ1v) is 8.39. The highest BCUT2D eigenvalue weighted by Gasteiger charge is 2.08. The Bertz CT molecular complexity index is 812. The van der Waals surface area contributed by atoms with Crippen molar-refractivity contribution in [2.45, 2.75) is 4.90 Å². The van der Waals surface area contributed by atoms with Crippen molar-refractivity contribution >= 4 is 22.6 Å². The van der Waals surface area contributed by atoms with E-state index < -0.39 is 0 Å². The minimum absolute atomic E-state index is 0.363. The van der Waals surface area contributed by atoms with Crippen molar-refractivity contribution in [3.05, 3.63) is 108 Å². The third-order valence-electron chi connectivity index (χ3n) is 3.31. The van der Waals surface area contributed by atoms with Gasteiger partial charge in [0, 0.05) is 4.90 Å². The summed E-state index contributed by atoms with van der Waals surface area (Å²) in [5, 5.41) is 0. The molecule has 3 rings (SSSR count). The lowest BCUT2D eigenvalue weighted by molar-refractivity contribution is 0.0665. The zero-order valence-corrected chi connectivity index (χ0v) is 13.8. The predicted molar refractivity (Wildman–Crippen MR) is 98.6 cm³/mol. The number of rotatable bonds is 5. The fraction of sp³-hybridized carbons (Fsp3) is 0. The molecule has 2 nitrogen and oxygen atoms in total. The van der Waals surface area contributed by atoms with Crippen LogP contribution in [0.15, 0.2) is 102 Å².